The number of aromatic nitrogens is 1. The van der Waals surface area contributed by atoms with Crippen LogP contribution in [0.1, 0.15) is 56.0 Å². The van der Waals surface area contributed by atoms with Crippen LogP contribution >= 0.6 is 0 Å². The fourth-order valence-corrected chi connectivity index (χ4v) is 3.37. The molecule has 0 aliphatic heterocycles. The smallest absolute Gasteiger partial charge is 0.255 e. The number of fused-ring (bicyclic) bond motifs is 1. The minimum Gasteiger partial charge on any atom is -0.491 e. The first-order valence-electron chi connectivity index (χ1n) is 11.0. The summed E-state index contributed by atoms with van der Waals surface area (Å²) in [5, 5.41) is 2.94. The van der Waals surface area contributed by atoms with Gasteiger partial charge in [-0.1, -0.05) is 39.0 Å². The first-order chi connectivity index (χ1) is 15.4. The lowest BCUT2D eigenvalue weighted by atomic mass is 10.0. The van der Waals surface area contributed by atoms with Crippen LogP contribution in [0.2, 0.25) is 0 Å². The number of ether oxygens (including phenoxy) is 1. The van der Waals surface area contributed by atoms with Gasteiger partial charge in [-0.25, -0.2) is 4.98 Å². The summed E-state index contributed by atoms with van der Waals surface area (Å²) in [5.74, 6) is 1.52. The summed E-state index contributed by atoms with van der Waals surface area (Å²) >= 11 is 0. The third-order valence-electron chi connectivity index (χ3n) is 5.48. The number of benzene rings is 3. The number of hydrogen-bond donors (Lipinski definition) is 1. The van der Waals surface area contributed by atoms with E-state index in [9.17, 15) is 4.79 Å². The van der Waals surface area contributed by atoms with Gasteiger partial charge in [0, 0.05) is 16.8 Å². The van der Waals surface area contributed by atoms with Crippen molar-refractivity contribution in [1.29, 1.82) is 0 Å². The van der Waals surface area contributed by atoms with Crippen LogP contribution in [0.25, 0.3) is 22.6 Å². The van der Waals surface area contributed by atoms with Crippen molar-refractivity contribution in [3.05, 3.63) is 77.9 Å². The molecule has 1 N–H and O–H groups in total. The summed E-state index contributed by atoms with van der Waals surface area (Å²) < 4.78 is 11.7. The molecule has 0 fully saturated rings. The van der Waals surface area contributed by atoms with Crippen LogP contribution in [0, 0.1) is 0 Å². The molecule has 1 amide bonds. The second-order valence-corrected chi connectivity index (χ2v) is 8.30. The number of carbonyl (C=O) groups excluding carboxylic acids is 1. The molecule has 0 aliphatic carbocycles. The van der Waals surface area contributed by atoms with E-state index in [0.29, 0.717) is 39.9 Å². The van der Waals surface area contributed by atoms with Gasteiger partial charge < -0.3 is 14.5 Å². The third-order valence-corrected chi connectivity index (χ3v) is 5.48. The Labute approximate surface area is 188 Å². The van der Waals surface area contributed by atoms with Gasteiger partial charge in [-0.2, -0.15) is 0 Å². The number of rotatable bonds is 7. The van der Waals surface area contributed by atoms with Crippen LogP contribution in [0.15, 0.2) is 71.1 Å². The Hall–Kier alpha value is -3.60. The molecule has 1 aromatic heterocycles. The first kappa shape index (κ1) is 21.6. The number of amides is 1. The van der Waals surface area contributed by atoms with Crippen LogP contribution in [0.4, 0.5) is 5.69 Å². The molecule has 1 heterocycles. The predicted molar refractivity (Wildman–Crippen MR) is 128 cm³/mol. The zero-order chi connectivity index (χ0) is 22.7. The van der Waals surface area contributed by atoms with Crippen molar-refractivity contribution >= 4 is 22.7 Å². The minimum atomic E-state index is -0.202. The molecular formula is C27H28N2O3. The SMILES string of the molecule is CC[C@H](C)Oc1cccc(C(=O)Nc2ccc3oc(-c4ccc(C(C)C)cc4)nc3c2)c1. The number of hydrogen-bond acceptors (Lipinski definition) is 4. The number of carbonyl (C=O) groups is 1. The fraction of sp³-hybridized carbons (Fsp3) is 0.259. The van der Waals surface area contributed by atoms with Gasteiger partial charge in [0.05, 0.1) is 6.10 Å². The lowest BCUT2D eigenvalue weighted by Gasteiger charge is -2.13. The molecule has 1 atom stereocenters. The quantitative estimate of drug-likeness (QED) is 0.343. The highest BCUT2D eigenvalue weighted by Crippen LogP contribution is 2.28. The standard InChI is InChI=1S/C27H28N2O3/c1-5-18(4)31-23-8-6-7-21(15-23)26(30)28-22-13-14-25-24(16-22)29-27(32-25)20-11-9-19(10-12-20)17(2)3/h6-18H,5H2,1-4H3,(H,28,30)/t18-/m0/s1. The van der Waals surface area contributed by atoms with Crippen molar-refractivity contribution in [1.82, 2.24) is 4.98 Å². The Morgan fingerprint density at radius 3 is 2.53 bits per heavy atom. The highest BCUT2D eigenvalue weighted by molar-refractivity contribution is 6.05. The van der Waals surface area contributed by atoms with Gasteiger partial charge in [0.25, 0.3) is 5.91 Å². The van der Waals surface area contributed by atoms with Crippen LogP contribution in [-0.4, -0.2) is 17.0 Å². The molecule has 0 aliphatic rings. The maximum absolute atomic E-state index is 12.8. The van der Waals surface area contributed by atoms with E-state index in [1.165, 1.54) is 5.56 Å². The van der Waals surface area contributed by atoms with E-state index >= 15 is 0 Å². The van der Waals surface area contributed by atoms with Crippen molar-refractivity contribution in [2.24, 2.45) is 0 Å². The van der Waals surface area contributed by atoms with Crippen LogP contribution in [0.3, 0.4) is 0 Å². The Morgan fingerprint density at radius 2 is 1.81 bits per heavy atom. The number of nitrogens with one attached hydrogen (secondary N) is 1. The van der Waals surface area contributed by atoms with E-state index < -0.39 is 0 Å². The van der Waals surface area contributed by atoms with E-state index in [2.05, 4.69) is 43.2 Å². The fourth-order valence-electron chi connectivity index (χ4n) is 3.37. The number of oxazole rings is 1. The molecule has 0 saturated carbocycles. The molecule has 0 saturated heterocycles. The summed E-state index contributed by atoms with van der Waals surface area (Å²) in [4.78, 5) is 17.4. The van der Waals surface area contributed by atoms with Gasteiger partial charge in [-0.05, 0) is 73.4 Å². The highest BCUT2D eigenvalue weighted by Gasteiger charge is 2.12. The molecule has 32 heavy (non-hydrogen) atoms. The topological polar surface area (TPSA) is 64.4 Å². The molecule has 0 spiro atoms. The Kier molecular flexibility index (Phi) is 6.26. The highest BCUT2D eigenvalue weighted by atomic mass is 16.5. The molecule has 4 aromatic rings. The molecule has 4 rings (SSSR count). The van der Waals surface area contributed by atoms with Gasteiger partial charge in [0.2, 0.25) is 5.89 Å². The van der Waals surface area contributed by atoms with Gasteiger partial charge in [-0.3, -0.25) is 4.79 Å². The molecule has 0 bridgehead atoms. The summed E-state index contributed by atoms with van der Waals surface area (Å²) in [6, 6.07) is 20.9. The van der Waals surface area contributed by atoms with Gasteiger partial charge in [0.15, 0.2) is 5.58 Å². The molecule has 164 valence electrons. The summed E-state index contributed by atoms with van der Waals surface area (Å²) in [6.45, 7) is 8.40. The van der Waals surface area contributed by atoms with Crippen molar-refractivity contribution < 1.29 is 13.9 Å². The van der Waals surface area contributed by atoms with E-state index in [4.69, 9.17) is 9.15 Å². The van der Waals surface area contributed by atoms with Crippen molar-refractivity contribution in [2.75, 3.05) is 5.32 Å². The van der Waals surface area contributed by atoms with Crippen molar-refractivity contribution in [3.8, 4) is 17.2 Å². The van der Waals surface area contributed by atoms with E-state index in [1.54, 1.807) is 12.1 Å². The van der Waals surface area contributed by atoms with Gasteiger partial charge in [0.1, 0.15) is 11.3 Å². The molecule has 3 aromatic carbocycles. The van der Waals surface area contributed by atoms with Gasteiger partial charge in [-0.15, -0.1) is 0 Å². The lowest BCUT2D eigenvalue weighted by Crippen LogP contribution is -2.13. The third kappa shape index (κ3) is 4.83. The predicted octanol–water partition coefficient (Wildman–Crippen LogP) is 7.05. The Balaban J connectivity index is 1.52. The zero-order valence-electron chi connectivity index (χ0n) is 18.9. The number of nitrogens with zero attached hydrogens (tertiary/aromatic N) is 1. The monoisotopic (exact) mass is 428 g/mol. The molecular weight excluding hydrogens is 400 g/mol. The van der Waals surface area contributed by atoms with Crippen LogP contribution in [0.5, 0.6) is 5.75 Å². The Morgan fingerprint density at radius 1 is 1.03 bits per heavy atom. The largest absolute Gasteiger partial charge is 0.491 e. The second kappa shape index (κ2) is 9.27. The first-order valence-corrected chi connectivity index (χ1v) is 11.0. The molecule has 0 radical (unpaired) electrons. The van der Waals surface area contributed by atoms with E-state index in [1.807, 2.05) is 49.4 Å². The van der Waals surface area contributed by atoms with E-state index in [-0.39, 0.29) is 12.0 Å². The molecule has 5 nitrogen and oxygen atoms in total. The van der Waals surface area contributed by atoms with Crippen molar-refractivity contribution in [3.63, 3.8) is 0 Å². The van der Waals surface area contributed by atoms with E-state index in [0.717, 1.165) is 12.0 Å². The molecule has 5 heteroatoms. The van der Waals surface area contributed by atoms with Crippen LogP contribution < -0.4 is 10.1 Å². The maximum atomic E-state index is 12.8. The van der Waals surface area contributed by atoms with Gasteiger partial charge >= 0.3 is 0 Å². The molecule has 0 unspecified atom stereocenters. The average Bonchev–Trinajstić information content (AvgIpc) is 3.22. The lowest BCUT2D eigenvalue weighted by molar-refractivity contribution is 0.102. The normalized spacial score (nSPS) is 12.2. The summed E-state index contributed by atoms with van der Waals surface area (Å²) in [6.07, 6.45) is 0.997. The summed E-state index contributed by atoms with van der Waals surface area (Å²) in [7, 11) is 0. The maximum Gasteiger partial charge on any atom is 0.255 e. The summed E-state index contributed by atoms with van der Waals surface area (Å²) in [5.41, 5.74) is 4.76. The second-order valence-electron chi connectivity index (χ2n) is 8.30. The number of anilines is 1. The Bertz CT molecular complexity index is 1230. The average molecular weight is 429 g/mol. The minimum absolute atomic E-state index is 0.0960. The van der Waals surface area contributed by atoms with Crippen molar-refractivity contribution in [2.45, 2.75) is 46.1 Å². The zero-order valence-corrected chi connectivity index (χ0v) is 18.9. The van der Waals surface area contributed by atoms with Crippen LogP contribution in [-0.2, 0) is 0 Å².